The maximum atomic E-state index is 12.2. The van der Waals surface area contributed by atoms with Gasteiger partial charge >= 0.3 is 16.8 Å². The Kier molecular flexibility index (Phi) is 31.5. The van der Waals surface area contributed by atoms with E-state index in [0.717, 1.165) is 36.5 Å². The van der Waals surface area contributed by atoms with Crippen molar-refractivity contribution in [2.45, 2.75) is 26.2 Å². The van der Waals surface area contributed by atoms with E-state index in [1.165, 1.54) is 10.3 Å². The molecule has 6 aromatic rings. The van der Waals surface area contributed by atoms with Crippen molar-refractivity contribution >= 4 is 58.4 Å². The van der Waals surface area contributed by atoms with Gasteiger partial charge in [-0.1, -0.05) is 60.8 Å². The van der Waals surface area contributed by atoms with E-state index in [4.69, 9.17) is 21.0 Å². The molecule has 0 spiro atoms. The van der Waals surface area contributed by atoms with Gasteiger partial charge in [0.25, 0.3) is 23.6 Å². The number of amides is 4. The molecule has 6 aromatic heterocycles. The van der Waals surface area contributed by atoms with Gasteiger partial charge in [0.2, 0.25) is 0 Å². The minimum Gasteiger partial charge on any atom is -0.753 e. The predicted octanol–water partition coefficient (Wildman–Crippen LogP) is 3.99. The fourth-order valence-electron chi connectivity index (χ4n) is 4.48. The molecular formula is C42H42CoN12O6S2. The Morgan fingerprint density at radius 2 is 0.667 bits per heavy atom. The fraction of sp³-hybridized carbons (Fsp3) is 0.143. The maximum absolute atomic E-state index is 12.2. The number of pyridine rings is 6. The standard InChI is InChI=1S/2C19H17N5O2.2CNS.2CH4O.Co/c2*25-18(22-12-14-4-2-8-20-10-14)16-6-1-7-17(24-16)19(26)23-13-15-5-3-9-21-11-15;2*2-1-3;2*1-2;/h2*1-11H,12-13H2,(H,22,25)(H,23,26);;;2*2H,1H3;/q;;2*-1;;;+2. The smallest absolute Gasteiger partial charge is 0.753 e. The van der Waals surface area contributed by atoms with Crippen molar-refractivity contribution in [3.05, 3.63) is 190 Å². The zero-order valence-corrected chi connectivity index (χ0v) is 36.5. The van der Waals surface area contributed by atoms with E-state index in [0.29, 0.717) is 26.2 Å². The van der Waals surface area contributed by atoms with Gasteiger partial charge in [0.1, 0.15) is 22.8 Å². The second-order valence-corrected chi connectivity index (χ2v) is 11.5. The fourth-order valence-corrected chi connectivity index (χ4v) is 4.48. The predicted molar refractivity (Wildman–Crippen MR) is 238 cm³/mol. The second-order valence-electron chi connectivity index (χ2n) is 11.2. The van der Waals surface area contributed by atoms with Gasteiger partial charge in [0, 0.05) is 90.0 Å². The van der Waals surface area contributed by atoms with Crippen molar-refractivity contribution in [3.8, 4) is 0 Å². The Bertz CT molecular complexity index is 1990. The number of hydrogen-bond acceptors (Lipinski definition) is 14. The number of hydrogen-bond donors (Lipinski definition) is 6. The van der Waals surface area contributed by atoms with E-state index in [9.17, 15) is 19.2 Å². The third-order valence-corrected chi connectivity index (χ3v) is 7.13. The van der Waals surface area contributed by atoms with Gasteiger partial charge in [-0.25, -0.2) is 9.97 Å². The van der Waals surface area contributed by atoms with Gasteiger partial charge in [-0.05, 0) is 70.8 Å². The van der Waals surface area contributed by atoms with Crippen LogP contribution in [0.1, 0.15) is 64.2 Å². The summed E-state index contributed by atoms with van der Waals surface area (Å²) in [7, 11) is 2.00. The van der Waals surface area contributed by atoms with Crippen LogP contribution in [0.2, 0.25) is 0 Å². The van der Waals surface area contributed by atoms with E-state index in [-0.39, 0.29) is 63.2 Å². The number of aliphatic hydroxyl groups excluding tert-OH is 2. The van der Waals surface area contributed by atoms with Crippen LogP contribution in [0.4, 0.5) is 0 Å². The first-order valence-corrected chi connectivity index (χ1v) is 18.6. The molecule has 0 saturated heterocycles. The summed E-state index contributed by atoms with van der Waals surface area (Å²) in [6, 6.07) is 24.2. The number of carbonyl (C=O) groups is 4. The van der Waals surface area contributed by atoms with Crippen LogP contribution < -0.4 is 21.3 Å². The summed E-state index contributed by atoms with van der Waals surface area (Å²) in [6.07, 6.45) is 13.4. The molecule has 0 fully saturated rings. The van der Waals surface area contributed by atoms with Gasteiger partial charge in [-0.3, -0.25) is 39.1 Å². The summed E-state index contributed by atoms with van der Waals surface area (Å²) in [4.78, 5) is 73.2. The molecular weight excluding hydrogens is 892 g/mol. The summed E-state index contributed by atoms with van der Waals surface area (Å²) in [5.41, 5.74) is 4.26. The summed E-state index contributed by atoms with van der Waals surface area (Å²) < 4.78 is 0. The van der Waals surface area contributed by atoms with Crippen LogP contribution >= 0.6 is 24.4 Å². The molecule has 0 aliphatic carbocycles. The van der Waals surface area contributed by atoms with Crippen LogP contribution in [0.15, 0.2) is 135 Å². The Morgan fingerprint density at radius 3 is 0.841 bits per heavy atom. The van der Waals surface area contributed by atoms with Crippen LogP contribution in [-0.4, -0.2) is 88.3 Å². The van der Waals surface area contributed by atoms with Crippen LogP contribution in [-0.2, 0) is 43.0 Å². The Hall–Kier alpha value is -7.19. The van der Waals surface area contributed by atoms with E-state index >= 15 is 0 Å². The SMILES string of the molecule is CO.CO.O=C(NCc1cccnc1)c1cccc(C(=O)NCc2cccnc2)n1.O=C(NCc1cccnc1)c1cccc(C(=O)NCc2cccnc2)n1.[Co+2].[N-]=C=S.[N-]=C=S. The molecule has 327 valence electrons. The van der Waals surface area contributed by atoms with Crippen molar-refractivity contribution < 1.29 is 46.2 Å². The quantitative estimate of drug-likeness (QED) is 0.0748. The van der Waals surface area contributed by atoms with Crippen LogP contribution in [0.3, 0.4) is 0 Å². The third-order valence-electron chi connectivity index (χ3n) is 7.13. The van der Waals surface area contributed by atoms with Gasteiger partial charge in [-0.2, -0.15) is 10.3 Å². The normalized spacial score (nSPS) is 8.83. The molecule has 6 N–H and O–H groups in total. The zero-order valence-electron chi connectivity index (χ0n) is 33.8. The summed E-state index contributed by atoms with van der Waals surface area (Å²) >= 11 is 7.40. The molecule has 0 bridgehead atoms. The van der Waals surface area contributed by atoms with Gasteiger partial charge in [0.05, 0.1) is 0 Å². The van der Waals surface area contributed by atoms with Crippen LogP contribution in [0.5, 0.6) is 0 Å². The van der Waals surface area contributed by atoms with E-state index in [2.05, 4.69) is 75.6 Å². The van der Waals surface area contributed by atoms with Gasteiger partial charge in [0.15, 0.2) is 0 Å². The molecule has 0 atom stereocenters. The number of carbonyl (C=O) groups excluding carboxylic acids is 4. The molecule has 4 amide bonds. The number of isothiocyanates is 2. The third kappa shape index (κ3) is 23.4. The minimum absolute atomic E-state index is 0. The topological polar surface area (TPSA) is 279 Å². The number of nitrogens with zero attached hydrogens (tertiary/aromatic N) is 8. The number of thiocarbonyl (C=S) groups is 2. The number of nitrogens with one attached hydrogen (secondary N) is 4. The van der Waals surface area contributed by atoms with E-state index in [1.54, 1.807) is 110 Å². The monoisotopic (exact) mass is 933 g/mol. The Morgan fingerprint density at radius 1 is 0.460 bits per heavy atom. The van der Waals surface area contributed by atoms with Crippen LogP contribution in [0, 0.1) is 0 Å². The Balaban J connectivity index is 0.00000100. The number of aromatic nitrogens is 6. The second kappa shape index (κ2) is 35.6. The molecule has 6 rings (SSSR count). The molecule has 18 nitrogen and oxygen atoms in total. The largest absolute Gasteiger partial charge is 2.00 e. The molecule has 0 aromatic carbocycles. The summed E-state index contributed by atoms with van der Waals surface area (Å²) in [5.74, 6) is -1.40. The van der Waals surface area contributed by atoms with Gasteiger partial charge in [-0.15, -0.1) is 0 Å². The van der Waals surface area contributed by atoms with Crippen LogP contribution in [0.25, 0.3) is 10.8 Å². The first-order chi connectivity index (χ1) is 30.3. The molecule has 63 heavy (non-hydrogen) atoms. The first-order valence-electron chi connectivity index (χ1n) is 17.8. The van der Waals surface area contributed by atoms with Crippen molar-refractivity contribution in [1.82, 2.24) is 51.2 Å². The van der Waals surface area contributed by atoms with Gasteiger partial charge < -0.3 is 42.3 Å². The van der Waals surface area contributed by atoms with Crippen molar-refractivity contribution in [1.29, 1.82) is 0 Å². The molecule has 6 heterocycles. The maximum Gasteiger partial charge on any atom is 2.00 e. The number of rotatable bonds is 12. The molecule has 0 unspecified atom stereocenters. The van der Waals surface area contributed by atoms with Crippen molar-refractivity contribution in [3.63, 3.8) is 0 Å². The zero-order chi connectivity index (χ0) is 45.8. The molecule has 1 radical (unpaired) electrons. The van der Waals surface area contributed by atoms with Crippen molar-refractivity contribution in [2.24, 2.45) is 0 Å². The molecule has 21 heteroatoms. The summed E-state index contributed by atoms with van der Waals surface area (Å²) in [5, 5.41) is 42.0. The molecule has 0 aliphatic rings. The van der Waals surface area contributed by atoms with Crippen molar-refractivity contribution in [2.75, 3.05) is 14.2 Å². The number of aliphatic hydroxyl groups is 2. The summed E-state index contributed by atoms with van der Waals surface area (Å²) in [6.45, 7) is 1.36. The minimum atomic E-state index is -0.351. The van der Waals surface area contributed by atoms with E-state index < -0.39 is 0 Å². The first kappa shape index (κ1) is 55.8. The average Bonchev–Trinajstić information content (AvgIpc) is 3.34. The molecule has 0 saturated carbocycles. The van der Waals surface area contributed by atoms with E-state index in [1.807, 2.05) is 24.3 Å². The average molecular weight is 934 g/mol. The molecule has 0 aliphatic heterocycles. The Labute approximate surface area is 384 Å².